The third-order valence-electron chi connectivity index (χ3n) is 6.21. The van der Waals surface area contributed by atoms with Gasteiger partial charge in [0.05, 0.1) is 12.1 Å². The Balaban J connectivity index is 1.49. The molecule has 1 aromatic carbocycles. The molecule has 0 radical (unpaired) electrons. The molecule has 1 aromatic heterocycles. The number of fused-ring (bicyclic) bond motifs is 1. The Hall–Kier alpha value is -2.23. The number of ketones is 1. The summed E-state index contributed by atoms with van der Waals surface area (Å²) in [5.74, 6) is 0.894. The standard InChI is InChI=1S/C24H31N3O/c1-3-8-21-23-24(27(2)26-21)22(28)16-20(25-23)14-13-17-9-7-12-19(15-17)18-10-5-4-6-11-18/h7,9,12,15,18H,3-6,8,10-11,13-14,16H2,1-2H3. The second kappa shape index (κ2) is 8.42. The normalized spacial score (nSPS) is 17.5. The molecule has 4 heteroatoms. The molecule has 0 N–H and O–H groups in total. The molecular formula is C24H31N3O. The summed E-state index contributed by atoms with van der Waals surface area (Å²) in [5.41, 5.74) is 6.34. The van der Waals surface area contributed by atoms with E-state index in [1.54, 1.807) is 4.68 Å². The van der Waals surface area contributed by atoms with Crippen LogP contribution in [0.1, 0.15) is 91.5 Å². The van der Waals surface area contributed by atoms with Crippen LogP contribution in [0.5, 0.6) is 0 Å². The number of carbonyl (C=O) groups excluding carboxylic acids is 1. The second-order valence-corrected chi connectivity index (χ2v) is 8.38. The zero-order valence-corrected chi connectivity index (χ0v) is 17.2. The van der Waals surface area contributed by atoms with Crippen molar-refractivity contribution < 1.29 is 4.79 Å². The smallest absolute Gasteiger partial charge is 0.188 e. The number of aliphatic imine (C=N–C) groups is 1. The van der Waals surface area contributed by atoms with Gasteiger partial charge in [0.2, 0.25) is 0 Å². The molecule has 2 heterocycles. The molecule has 4 rings (SSSR count). The molecule has 148 valence electrons. The highest BCUT2D eigenvalue weighted by Gasteiger charge is 2.27. The molecule has 0 saturated heterocycles. The van der Waals surface area contributed by atoms with E-state index in [9.17, 15) is 4.79 Å². The third kappa shape index (κ3) is 3.96. The summed E-state index contributed by atoms with van der Waals surface area (Å²) < 4.78 is 1.72. The van der Waals surface area contributed by atoms with E-state index >= 15 is 0 Å². The molecule has 2 aromatic rings. The van der Waals surface area contributed by atoms with Gasteiger partial charge in [-0.25, -0.2) is 0 Å². The van der Waals surface area contributed by atoms with Gasteiger partial charge in [0.1, 0.15) is 11.4 Å². The molecule has 0 amide bonds. The van der Waals surface area contributed by atoms with Crippen LogP contribution in [0.2, 0.25) is 0 Å². The molecule has 2 aliphatic rings. The maximum Gasteiger partial charge on any atom is 0.188 e. The van der Waals surface area contributed by atoms with Gasteiger partial charge in [-0.15, -0.1) is 0 Å². The molecule has 1 fully saturated rings. The summed E-state index contributed by atoms with van der Waals surface area (Å²) in [6.45, 7) is 2.13. The van der Waals surface area contributed by atoms with Crippen LogP contribution in [0.4, 0.5) is 5.69 Å². The number of rotatable bonds is 6. The van der Waals surface area contributed by atoms with Gasteiger partial charge in [0.25, 0.3) is 0 Å². The van der Waals surface area contributed by atoms with E-state index < -0.39 is 0 Å². The van der Waals surface area contributed by atoms with Gasteiger partial charge in [-0.3, -0.25) is 14.5 Å². The lowest BCUT2D eigenvalue weighted by Gasteiger charge is -2.22. The van der Waals surface area contributed by atoms with E-state index in [1.807, 2.05) is 7.05 Å². The number of aromatic nitrogens is 2. The maximum absolute atomic E-state index is 12.7. The van der Waals surface area contributed by atoms with Crippen molar-refractivity contribution in [3.8, 4) is 0 Å². The zero-order chi connectivity index (χ0) is 19.5. The van der Waals surface area contributed by atoms with Crippen LogP contribution in [0.15, 0.2) is 29.3 Å². The maximum atomic E-state index is 12.7. The minimum Gasteiger partial charge on any atom is -0.292 e. The Morgan fingerprint density at radius 3 is 2.71 bits per heavy atom. The molecule has 28 heavy (non-hydrogen) atoms. The summed E-state index contributed by atoms with van der Waals surface area (Å²) in [7, 11) is 1.85. The quantitative estimate of drug-likeness (QED) is 0.647. The average molecular weight is 378 g/mol. The van der Waals surface area contributed by atoms with Gasteiger partial charge in [-0.1, -0.05) is 56.9 Å². The molecule has 0 bridgehead atoms. The van der Waals surface area contributed by atoms with Gasteiger partial charge in [-0.05, 0) is 49.1 Å². The lowest BCUT2D eigenvalue weighted by atomic mass is 9.83. The lowest BCUT2D eigenvalue weighted by molar-refractivity contribution is 0.0990. The molecule has 4 nitrogen and oxygen atoms in total. The summed E-state index contributed by atoms with van der Waals surface area (Å²) in [6.07, 6.45) is 10.9. The molecule has 1 aliphatic carbocycles. The van der Waals surface area contributed by atoms with Crippen LogP contribution in [-0.2, 0) is 19.9 Å². The highest BCUT2D eigenvalue weighted by Crippen LogP contribution is 2.34. The number of Topliss-reactive ketones (excluding diaryl/α,β-unsaturated/α-hetero) is 1. The molecule has 1 aliphatic heterocycles. The van der Waals surface area contributed by atoms with Crippen molar-refractivity contribution in [1.29, 1.82) is 0 Å². The lowest BCUT2D eigenvalue weighted by Crippen LogP contribution is -2.16. The predicted octanol–water partition coefficient (Wildman–Crippen LogP) is 5.71. The summed E-state index contributed by atoms with van der Waals surface area (Å²) in [5, 5.41) is 4.54. The third-order valence-corrected chi connectivity index (χ3v) is 6.21. The number of aryl methyl sites for hydroxylation is 3. The van der Waals surface area contributed by atoms with E-state index in [0.29, 0.717) is 12.1 Å². The Bertz CT molecular complexity index is 887. The van der Waals surface area contributed by atoms with Gasteiger partial charge < -0.3 is 0 Å². The van der Waals surface area contributed by atoms with Crippen LogP contribution < -0.4 is 0 Å². The number of nitrogens with zero attached hydrogens (tertiary/aromatic N) is 3. The van der Waals surface area contributed by atoms with Gasteiger partial charge in [0, 0.05) is 12.8 Å². The Morgan fingerprint density at radius 2 is 1.93 bits per heavy atom. The van der Waals surface area contributed by atoms with E-state index in [0.717, 1.165) is 48.7 Å². The molecule has 0 spiro atoms. The fraction of sp³-hybridized carbons (Fsp3) is 0.542. The van der Waals surface area contributed by atoms with E-state index in [2.05, 4.69) is 36.3 Å². The number of hydrogen-bond acceptors (Lipinski definition) is 3. The SMILES string of the molecule is CCCc1nn(C)c2c1N=C(CCc1cccc(C3CCCCC3)c1)CC2=O. The highest BCUT2D eigenvalue weighted by atomic mass is 16.1. The van der Waals surface area contributed by atoms with E-state index in [1.165, 1.54) is 43.2 Å². The highest BCUT2D eigenvalue weighted by molar-refractivity contribution is 6.15. The largest absolute Gasteiger partial charge is 0.292 e. The Labute approximate surface area is 168 Å². The van der Waals surface area contributed by atoms with Crippen molar-refractivity contribution >= 4 is 17.2 Å². The van der Waals surface area contributed by atoms with Crippen LogP contribution in [0.3, 0.4) is 0 Å². The van der Waals surface area contributed by atoms with Crippen molar-refractivity contribution in [2.24, 2.45) is 12.0 Å². The van der Waals surface area contributed by atoms with Crippen molar-refractivity contribution in [3.05, 3.63) is 46.8 Å². The van der Waals surface area contributed by atoms with Crippen LogP contribution in [0, 0.1) is 0 Å². The van der Waals surface area contributed by atoms with Crippen LogP contribution in [0.25, 0.3) is 0 Å². The van der Waals surface area contributed by atoms with E-state index in [4.69, 9.17) is 4.99 Å². The average Bonchev–Trinajstić information content (AvgIpc) is 3.03. The van der Waals surface area contributed by atoms with Gasteiger partial charge in [-0.2, -0.15) is 5.10 Å². The number of hydrogen-bond donors (Lipinski definition) is 0. The van der Waals surface area contributed by atoms with Crippen molar-refractivity contribution in [2.75, 3.05) is 0 Å². The Kier molecular flexibility index (Phi) is 5.74. The minimum absolute atomic E-state index is 0.160. The first-order valence-corrected chi connectivity index (χ1v) is 10.9. The first-order chi connectivity index (χ1) is 13.7. The fourth-order valence-electron chi connectivity index (χ4n) is 4.74. The van der Waals surface area contributed by atoms with Crippen LogP contribution in [-0.4, -0.2) is 21.3 Å². The molecule has 0 unspecified atom stereocenters. The van der Waals surface area contributed by atoms with Gasteiger partial charge >= 0.3 is 0 Å². The molecular weight excluding hydrogens is 346 g/mol. The number of benzene rings is 1. The monoisotopic (exact) mass is 377 g/mol. The Morgan fingerprint density at radius 1 is 1.11 bits per heavy atom. The first-order valence-electron chi connectivity index (χ1n) is 10.9. The fourth-order valence-corrected chi connectivity index (χ4v) is 4.74. The first kappa shape index (κ1) is 19.1. The van der Waals surface area contributed by atoms with Crippen molar-refractivity contribution in [3.63, 3.8) is 0 Å². The van der Waals surface area contributed by atoms with Crippen LogP contribution >= 0.6 is 0 Å². The topological polar surface area (TPSA) is 47.2 Å². The molecule has 0 atom stereocenters. The second-order valence-electron chi connectivity index (χ2n) is 8.38. The number of carbonyl (C=O) groups is 1. The summed E-state index contributed by atoms with van der Waals surface area (Å²) >= 11 is 0. The van der Waals surface area contributed by atoms with Gasteiger partial charge in [0.15, 0.2) is 5.78 Å². The molecule has 1 saturated carbocycles. The summed E-state index contributed by atoms with van der Waals surface area (Å²) in [4.78, 5) is 17.5. The minimum atomic E-state index is 0.160. The van der Waals surface area contributed by atoms with Crippen molar-refractivity contribution in [1.82, 2.24) is 9.78 Å². The van der Waals surface area contributed by atoms with E-state index in [-0.39, 0.29) is 5.78 Å². The zero-order valence-electron chi connectivity index (χ0n) is 17.2. The van der Waals surface area contributed by atoms with Crippen molar-refractivity contribution in [2.45, 2.75) is 77.0 Å². The summed E-state index contributed by atoms with van der Waals surface area (Å²) in [6, 6.07) is 9.10. The predicted molar refractivity (Wildman–Crippen MR) is 114 cm³/mol.